The lowest BCUT2D eigenvalue weighted by Crippen LogP contribution is -2.29. The molecule has 1 heterocycles. The SMILES string of the molecule is Cc1cc(CN2CC[CH]CC2)ccc1Cl. The lowest BCUT2D eigenvalue weighted by molar-refractivity contribution is 0.246. The van der Waals surface area contributed by atoms with Gasteiger partial charge in [0.1, 0.15) is 0 Å². The van der Waals surface area contributed by atoms with Crippen LogP contribution in [0.5, 0.6) is 0 Å². The Bertz CT molecular complexity index is 329. The zero-order valence-corrected chi connectivity index (χ0v) is 9.93. The van der Waals surface area contributed by atoms with Crippen LogP contribution in [0.2, 0.25) is 5.02 Å². The predicted molar refractivity (Wildman–Crippen MR) is 65.0 cm³/mol. The third-order valence-electron chi connectivity index (χ3n) is 2.93. The monoisotopic (exact) mass is 222 g/mol. The maximum absolute atomic E-state index is 6.00. The number of halogens is 1. The lowest BCUT2D eigenvalue weighted by atomic mass is 10.1. The molecule has 15 heavy (non-hydrogen) atoms. The Morgan fingerprint density at radius 1 is 1.27 bits per heavy atom. The van der Waals surface area contributed by atoms with E-state index in [0.29, 0.717) is 0 Å². The van der Waals surface area contributed by atoms with Crippen molar-refractivity contribution in [3.05, 3.63) is 40.8 Å². The van der Waals surface area contributed by atoms with Crippen LogP contribution in [-0.2, 0) is 6.54 Å². The van der Waals surface area contributed by atoms with Crippen molar-refractivity contribution >= 4 is 11.6 Å². The quantitative estimate of drug-likeness (QED) is 0.741. The van der Waals surface area contributed by atoms with Gasteiger partial charge in [-0.05, 0) is 56.5 Å². The van der Waals surface area contributed by atoms with Crippen molar-refractivity contribution in [3.63, 3.8) is 0 Å². The summed E-state index contributed by atoms with van der Waals surface area (Å²) in [6.07, 6.45) is 4.84. The first kappa shape index (κ1) is 11.0. The molecular formula is C13H17ClN. The molecule has 0 bridgehead atoms. The molecule has 2 heteroatoms. The highest BCUT2D eigenvalue weighted by molar-refractivity contribution is 6.31. The summed E-state index contributed by atoms with van der Waals surface area (Å²) < 4.78 is 0. The second kappa shape index (κ2) is 5.00. The van der Waals surface area contributed by atoms with Gasteiger partial charge in [0.05, 0.1) is 0 Å². The molecule has 0 aliphatic carbocycles. The van der Waals surface area contributed by atoms with E-state index in [1.54, 1.807) is 0 Å². The Morgan fingerprint density at radius 2 is 2.00 bits per heavy atom. The first-order valence-corrected chi connectivity index (χ1v) is 5.92. The molecule has 1 fully saturated rings. The second-order valence-corrected chi connectivity index (χ2v) is 4.63. The number of rotatable bonds is 2. The Labute approximate surface area is 97.0 Å². The summed E-state index contributed by atoms with van der Waals surface area (Å²) in [7, 11) is 0. The largest absolute Gasteiger partial charge is 0.299 e. The van der Waals surface area contributed by atoms with E-state index in [2.05, 4.69) is 30.4 Å². The molecule has 0 aromatic heterocycles. The summed E-state index contributed by atoms with van der Waals surface area (Å²) in [6, 6.07) is 6.33. The van der Waals surface area contributed by atoms with E-state index < -0.39 is 0 Å². The fourth-order valence-corrected chi connectivity index (χ4v) is 2.14. The molecule has 1 saturated heterocycles. The Morgan fingerprint density at radius 3 is 2.67 bits per heavy atom. The fourth-order valence-electron chi connectivity index (χ4n) is 2.03. The highest BCUT2D eigenvalue weighted by atomic mass is 35.5. The highest BCUT2D eigenvalue weighted by Crippen LogP contribution is 2.18. The van der Waals surface area contributed by atoms with Crippen molar-refractivity contribution in [3.8, 4) is 0 Å². The number of benzene rings is 1. The zero-order valence-electron chi connectivity index (χ0n) is 9.17. The van der Waals surface area contributed by atoms with Crippen LogP contribution in [0, 0.1) is 13.3 Å². The number of hydrogen-bond acceptors (Lipinski definition) is 1. The Hall–Kier alpha value is -0.530. The van der Waals surface area contributed by atoms with Crippen LogP contribution in [-0.4, -0.2) is 18.0 Å². The number of likely N-dealkylation sites (tertiary alicyclic amines) is 1. The van der Waals surface area contributed by atoms with Crippen LogP contribution in [0.4, 0.5) is 0 Å². The Balaban J connectivity index is 2.00. The summed E-state index contributed by atoms with van der Waals surface area (Å²) in [6.45, 7) is 5.52. The van der Waals surface area contributed by atoms with E-state index >= 15 is 0 Å². The van der Waals surface area contributed by atoms with E-state index in [1.807, 2.05) is 6.07 Å². The van der Waals surface area contributed by atoms with Crippen molar-refractivity contribution in [2.75, 3.05) is 13.1 Å². The minimum atomic E-state index is 0.866. The summed E-state index contributed by atoms with van der Waals surface area (Å²) >= 11 is 6.00. The molecule has 81 valence electrons. The van der Waals surface area contributed by atoms with E-state index in [-0.39, 0.29) is 0 Å². The van der Waals surface area contributed by atoms with E-state index in [4.69, 9.17) is 11.6 Å². The Kier molecular flexibility index (Phi) is 3.66. The molecule has 0 atom stereocenters. The smallest absolute Gasteiger partial charge is 0.0435 e. The molecule has 1 aliphatic heterocycles. The van der Waals surface area contributed by atoms with Gasteiger partial charge in [-0.2, -0.15) is 0 Å². The lowest BCUT2D eigenvalue weighted by Gasteiger charge is -2.26. The van der Waals surface area contributed by atoms with Crippen LogP contribution >= 0.6 is 11.6 Å². The van der Waals surface area contributed by atoms with Crippen molar-refractivity contribution in [1.29, 1.82) is 0 Å². The predicted octanol–water partition coefficient (Wildman–Crippen LogP) is 3.45. The molecule has 2 rings (SSSR count). The normalized spacial score (nSPS) is 18.0. The summed E-state index contributed by atoms with van der Waals surface area (Å²) in [5.74, 6) is 0. The third kappa shape index (κ3) is 2.96. The molecule has 1 radical (unpaired) electrons. The number of nitrogens with zero attached hydrogens (tertiary/aromatic N) is 1. The van der Waals surface area contributed by atoms with E-state index in [9.17, 15) is 0 Å². The fraction of sp³-hybridized carbons (Fsp3) is 0.462. The number of aryl methyl sites for hydroxylation is 1. The maximum Gasteiger partial charge on any atom is 0.0435 e. The average Bonchev–Trinajstić information content (AvgIpc) is 2.25. The summed E-state index contributed by atoms with van der Waals surface area (Å²) in [5, 5.41) is 0.866. The van der Waals surface area contributed by atoms with Crippen LogP contribution in [0.3, 0.4) is 0 Å². The van der Waals surface area contributed by atoms with Gasteiger partial charge in [-0.1, -0.05) is 23.7 Å². The minimum Gasteiger partial charge on any atom is -0.299 e. The molecule has 0 unspecified atom stereocenters. The molecule has 0 saturated carbocycles. The molecule has 1 aromatic carbocycles. The molecule has 0 spiro atoms. The van der Waals surface area contributed by atoms with Crippen molar-refractivity contribution in [2.45, 2.75) is 26.3 Å². The van der Waals surface area contributed by atoms with Gasteiger partial charge in [0.15, 0.2) is 0 Å². The van der Waals surface area contributed by atoms with Crippen LogP contribution in [0.15, 0.2) is 18.2 Å². The second-order valence-electron chi connectivity index (χ2n) is 4.23. The van der Waals surface area contributed by atoms with Crippen LogP contribution < -0.4 is 0 Å². The van der Waals surface area contributed by atoms with Gasteiger partial charge < -0.3 is 0 Å². The van der Waals surface area contributed by atoms with Gasteiger partial charge in [-0.25, -0.2) is 0 Å². The standard InChI is InChI=1S/C13H17ClN/c1-11-9-12(5-6-13(11)14)10-15-7-3-2-4-8-15/h2,5-6,9H,3-4,7-8,10H2,1H3. The van der Waals surface area contributed by atoms with Gasteiger partial charge in [-0.15, -0.1) is 0 Å². The summed E-state index contributed by atoms with van der Waals surface area (Å²) in [4.78, 5) is 2.50. The van der Waals surface area contributed by atoms with Crippen molar-refractivity contribution in [1.82, 2.24) is 4.90 Å². The number of piperidine rings is 1. The first-order chi connectivity index (χ1) is 7.25. The topological polar surface area (TPSA) is 3.24 Å². The van der Waals surface area contributed by atoms with Gasteiger partial charge in [0.2, 0.25) is 0 Å². The summed E-state index contributed by atoms with van der Waals surface area (Å²) in [5.41, 5.74) is 2.55. The average molecular weight is 223 g/mol. The van der Waals surface area contributed by atoms with Gasteiger partial charge in [0, 0.05) is 11.6 Å². The molecule has 1 aromatic rings. The maximum atomic E-state index is 6.00. The molecule has 0 N–H and O–H groups in total. The van der Waals surface area contributed by atoms with Gasteiger partial charge in [-0.3, -0.25) is 4.90 Å². The van der Waals surface area contributed by atoms with E-state index in [0.717, 1.165) is 11.6 Å². The van der Waals surface area contributed by atoms with Crippen molar-refractivity contribution in [2.24, 2.45) is 0 Å². The third-order valence-corrected chi connectivity index (χ3v) is 3.35. The number of hydrogen-bond donors (Lipinski definition) is 0. The molecule has 1 aliphatic rings. The first-order valence-electron chi connectivity index (χ1n) is 5.55. The highest BCUT2D eigenvalue weighted by Gasteiger charge is 2.10. The van der Waals surface area contributed by atoms with Crippen molar-refractivity contribution < 1.29 is 0 Å². The molecule has 0 amide bonds. The van der Waals surface area contributed by atoms with Crippen LogP contribution in [0.1, 0.15) is 24.0 Å². The molecular weight excluding hydrogens is 206 g/mol. The minimum absolute atomic E-state index is 0.866. The van der Waals surface area contributed by atoms with Gasteiger partial charge in [0.25, 0.3) is 0 Å². The zero-order chi connectivity index (χ0) is 10.7. The van der Waals surface area contributed by atoms with Gasteiger partial charge >= 0.3 is 0 Å². The van der Waals surface area contributed by atoms with Crippen LogP contribution in [0.25, 0.3) is 0 Å². The molecule has 1 nitrogen and oxygen atoms in total. The van der Waals surface area contributed by atoms with E-state index in [1.165, 1.54) is 37.1 Å².